The summed E-state index contributed by atoms with van der Waals surface area (Å²) in [5, 5.41) is 1.24. The molecule has 0 aliphatic heterocycles. The van der Waals surface area contributed by atoms with Crippen LogP contribution in [0.15, 0.2) is 82.7 Å². The molecule has 30 heavy (non-hydrogen) atoms. The maximum atomic E-state index is 13.4. The number of fused-ring (bicyclic) bond motifs is 1. The van der Waals surface area contributed by atoms with E-state index < -0.39 is 0 Å². The van der Waals surface area contributed by atoms with Crippen LogP contribution in [0.5, 0.6) is 11.5 Å². The fourth-order valence-electron chi connectivity index (χ4n) is 3.31. The van der Waals surface area contributed by atoms with Crippen molar-refractivity contribution in [2.45, 2.75) is 11.6 Å². The molecule has 152 valence electrons. The molecule has 0 amide bonds. The quantitative estimate of drug-likeness (QED) is 0.321. The summed E-state index contributed by atoms with van der Waals surface area (Å²) in [7, 11) is 3.17. The van der Waals surface area contributed by atoms with Crippen molar-refractivity contribution >= 4 is 22.7 Å². The third-order valence-corrected chi connectivity index (χ3v) is 5.78. The first-order chi connectivity index (χ1) is 14.7. The highest BCUT2D eigenvalue weighted by atomic mass is 32.2. The Labute approximate surface area is 179 Å². The van der Waals surface area contributed by atoms with Crippen molar-refractivity contribution in [3.05, 3.63) is 88.7 Å². The lowest BCUT2D eigenvalue weighted by Crippen LogP contribution is -2.22. The molecule has 0 N–H and O–H groups in total. The molecule has 0 fully saturated rings. The molecule has 0 atom stereocenters. The molecule has 0 radical (unpaired) electrons. The Kier molecular flexibility index (Phi) is 6.05. The summed E-state index contributed by atoms with van der Waals surface area (Å²) in [6.45, 7) is 0. The lowest BCUT2D eigenvalue weighted by atomic mass is 10.2. The van der Waals surface area contributed by atoms with Gasteiger partial charge in [0.05, 0.1) is 30.8 Å². The SMILES string of the molecule is COc1ccc(-n2c(SCCc3ccccc3)nc3ccccc3c2=O)cc1OC. The molecular weight excluding hydrogens is 396 g/mol. The van der Waals surface area contributed by atoms with Gasteiger partial charge in [-0.05, 0) is 36.2 Å². The summed E-state index contributed by atoms with van der Waals surface area (Å²) in [5.74, 6) is 1.99. The number of aromatic nitrogens is 2. The molecule has 5 nitrogen and oxygen atoms in total. The molecule has 0 unspecified atom stereocenters. The molecule has 0 saturated heterocycles. The number of hydrogen-bond acceptors (Lipinski definition) is 5. The van der Waals surface area contributed by atoms with Gasteiger partial charge in [0.25, 0.3) is 5.56 Å². The minimum Gasteiger partial charge on any atom is -0.493 e. The maximum absolute atomic E-state index is 13.4. The second kappa shape index (κ2) is 9.05. The molecule has 3 aromatic carbocycles. The van der Waals surface area contributed by atoms with Crippen LogP contribution in [0.25, 0.3) is 16.6 Å². The first-order valence-corrected chi connectivity index (χ1v) is 10.6. The van der Waals surface area contributed by atoms with Gasteiger partial charge in [0.2, 0.25) is 0 Å². The van der Waals surface area contributed by atoms with E-state index in [-0.39, 0.29) is 5.56 Å². The van der Waals surface area contributed by atoms with Crippen LogP contribution in [0.1, 0.15) is 5.56 Å². The van der Waals surface area contributed by atoms with E-state index in [0.717, 1.165) is 12.2 Å². The second-order valence-electron chi connectivity index (χ2n) is 6.68. The van der Waals surface area contributed by atoms with Gasteiger partial charge in [-0.15, -0.1) is 0 Å². The average molecular weight is 419 g/mol. The van der Waals surface area contributed by atoms with Gasteiger partial charge in [-0.25, -0.2) is 4.98 Å². The third kappa shape index (κ3) is 4.04. The lowest BCUT2D eigenvalue weighted by molar-refractivity contribution is 0.354. The van der Waals surface area contributed by atoms with Gasteiger partial charge in [0.15, 0.2) is 16.7 Å². The van der Waals surface area contributed by atoms with Gasteiger partial charge in [0, 0.05) is 11.8 Å². The molecule has 1 heterocycles. The number of para-hydroxylation sites is 1. The molecule has 6 heteroatoms. The van der Waals surface area contributed by atoms with E-state index in [1.807, 2.05) is 42.5 Å². The van der Waals surface area contributed by atoms with Gasteiger partial charge < -0.3 is 9.47 Å². The van der Waals surface area contributed by atoms with Crippen LogP contribution in [0, 0.1) is 0 Å². The average Bonchev–Trinajstić information content (AvgIpc) is 2.79. The molecule has 4 rings (SSSR count). The predicted octanol–water partition coefficient (Wildman–Crippen LogP) is 4.74. The van der Waals surface area contributed by atoms with Crippen LogP contribution >= 0.6 is 11.8 Å². The molecule has 0 saturated carbocycles. The highest BCUT2D eigenvalue weighted by Gasteiger charge is 2.15. The van der Waals surface area contributed by atoms with Gasteiger partial charge in [-0.2, -0.15) is 0 Å². The van der Waals surface area contributed by atoms with E-state index in [2.05, 4.69) is 12.1 Å². The van der Waals surface area contributed by atoms with Crippen molar-refractivity contribution in [3.63, 3.8) is 0 Å². The molecule has 0 aliphatic carbocycles. The summed E-state index contributed by atoms with van der Waals surface area (Å²) < 4.78 is 12.4. The zero-order valence-corrected chi connectivity index (χ0v) is 17.7. The van der Waals surface area contributed by atoms with E-state index in [1.165, 1.54) is 5.56 Å². The van der Waals surface area contributed by atoms with Gasteiger partial charge in [-0.3, -0.25) is 9.36 Å². The minimum absolute atomic E-state index is 0.102. The van der Waals surface area contributed by atoms with Crippen LogP contribution in [-0.2, 0) is 6.42 Å². The minimum atomic E-state index is -0.102. The molecule has 1 aromatic heterocycles. The number of nitrogens with zero attached hydrogens (tertiary/aromatic N) is 2. The normalized spacial score (nSPS) is 10.9. The Morgan fingerprint density at radius 1 is 0.900 bits per heavy atom. The topological polar surface area (TPSA) is 53.4 Å². The van der Waals surface area contributed by atoms with Crippen LogP contribution in [0.3, 0.4) is 0 Å². The highest BCUT2D eigenvalue weighted by molar-refractivity contribution is 7.99. The van der Waals surface area contributed by atoms with Crippen molar-refractivity contribution in [2.75, 3.05) is 20.0 Å². The lowest BCUT2D eigenvalue weighted by Gasteiger charge is -2.15. The third-order valence-electron chi connectivity index (χ3n) is 4.83. The number of rotatable bonds is 7. The standard InChI is InChI=1S/C24H22N2O3S/c1-28-21-13-12-18(16-22(21)29-2)26-23(27)19-10-6-7-11-20(19)25-24(26)30-15-14-17-8-4-3-5-9-17/h3-13,16H,14-15H2,1-2H3. The summed E-state index contributed by atoms with van der Waals surface area (Å²) in [6.07, 6.45) is 0.889. The molecule has 0 spiro atoms. The van der Waals surface area contributed by atoms with Gasteiger partial charge in [-0.1, -0.05) is 54.2 Å². The summed E-state index contributed by atoms with van der Waals surface area (Å²) in [6, 6.07) is 23.2. The van der Waals surface area contributed by atoms with E-state index in [9.17, 15) is 4.79 Å². The number of thioether (sulfide) groups is 1. The van der Waals surface area contributed by atoms with E-state index >= 15 is 0 Å². The number of benzene rings is 3. The van der Waals surface area contributed by atoms with Crippen molar-refractivity contribution in [3.8, 4) is 17.2 Å². The first-order valence-electron chi connectivity index (χ1n) is 9.62. The molecule has 4 aromatic rings. The number of ether oxygens (including phenoxy) is 2. The fourth-order valence-corrected chi connectivity index (χ4v) is 4.31. The Bertz CT molecular complexity index is 1220. The van der Waals surface area contributed by atoms with Gasteiger partial charge >= 0.3 is 0 Å². The Hall–Kier alpha value is -3.25. The van der Waals surface area contributed by atoms with E-state index in [0.29, 0.717) is 33.2 Å². The summed E-state index contributed by atoms with van der Waals surface area (Å²) in [5.41, 5.74) is 2.54. The Balaban J connectivity index is 1.77. The first kappa shape index (κ1) is 20.0. The largest absolute Gasteiger partial charge is 0.493 e. The second-order valence-corrected chi connectivity index (χ2v) is 7.74. The zero-order valence-electron chi connectivity index (χ0n) is 16.9. The van der Waals surface area contributed by atoms with E-state index in [4.69, 9.17) is 14.5 Å². The highest BCUT2D eigenvalue weighted by Crippen LogP contribution is 2.30. The van der Waals surface area contributed by atoms with E-state index in [1.54, 1.807) is 48.7 Å². The van der Waals surface area contributed by atoms with Crippen LogP contribution < -0.4 is 15.0 Å². The zero-order chi connectivity index (χ0) is 20.9. The van der Waals surface area contributed by atoms with Crippen molar-refractivity contribution in [1.29, 1.82) is 0 Å². The van der Waals surface area contributed by atoms with Crippen molar-refractivity contribution in [2.24, 2.45) is 0 Å². The maximum Gasteiger partial charge on any atom is 0.266 e. The van der Waals surface area contributed by atoms with Gasteiger partial charge in [0.1, 0.15) is 0 Å². The van der Waals surface area contributed by atoms with Crippen LogP contribution in [0.4, 0.5) is 0 Å². The Morgan fingerprint density at radius 3 is 2.40 bits per heavy atom. The van der Waals surface area contributed by atoms with Crippen molar-refractivity contribution in [1.82, 2.24) is 9.55 Å². The Morgan fingerprint density at radius 2 is 1.63 bits per heavy atom. The molecule has 0 aliphatic rings. The van der Waals surface area contributed by atoms with Crippen LogP contribution in [-0.4, -0.2) is 29.5 Å². The number of aryl methyl sites for hydroxylation is 1. The summed E-state index contributed by atoms with van der Waals surface area (Å²) in [4.78, 5) is 18.2. The number of methoxy groups -OCH3 is 2. The smallest absolute Gasteiger partial charge is 0.266 e. The fraction of sp³-hybridized carbons (Fsp3) is 0.167. The summed E-state index contributed by atoms with van der Waals surface area (Å²) >= 11 is 1.57. The van der Waals surface area contributed by atoms with Crippen LogP contribution in [0.2, 0.25) is 0 Å². The molecule has 0 bridgehead atoms. The molecular formula is C24H22N2O3S. The monoisotopic (exact) mass is 418 g/mol. The van der Waals surface area contributed by atoms with Crippen molar-refractivity contribution < 1.29 is 9.47 Å². The number of hydrogen-bond donors (Lipinski definition) is 0. The predicted molar refractivity (Wildman–Crippen MR) is 121 cm³/mol.